The number of carbonyl (C=O) groups excluding carboxylic acids is 7. The normalized spacial score (nSPS) is 16.7. The molecule has 5 N–H and O–H groups in total. The van der Waals surface area contributed by atoms with E-state index in [1.807, 2.05) is 30.3 Å². The number of carbonyl (C=O) groups is 7. The van der Waals surface area contributed by atoms with Crippen molar-refractivity contribution in [1.29, 1.82) is 0 Å². The molecule has 1 aromatic rings. The quantitative estimate of drug-likeness (QED) is 0.0749. The van der Waals surface area contributed by atoms with Crippen LogP contribution < -0.4 is 26.6 Å². The van der Waals surface area contributed by atoms with Crippen molar-refractivity contribution in [2.24, 2.45) is 5.92 Å². The topological polar surface area (TPSA) is 220 Å². The number of amides is 6. The van der Waals surface area contributed by atoms with Gasteiger partial charge in [-0.15, -0.1) is 0 Å². The predicted octanol–water partition coefficient (Wildman–Crippen LogP) is 5.04. The van der Waals surface area contributed by atoms with Gasteiger partial charge < -0.3 is 50.4 Å². The number of benzene rings is 1. The van der Waals surface area contributed by atoms with Gasteiger partial charge in [-0.3, -0.25) is 14.4 Å². The Hall–Kier alpha value is -5.09. The van der Waals surface area contributed by atoms with E-state index in [1.165, 1.54) is 12.0 Å². The minimum Gasteiger partial charge on any atom is -0.467 e. The zero-order valence-corrected chi connectivity index (χ0v) is 37.8. The fraction of sp³-hybridized carbons (Fsp3) is 0.705. The summed E-state index contributed by atoms with van der Waals surface area (Å²) >= 11 is 0. The molecule has 1 heterocycles. The molecule has 1 unspecified atom stereocenters. The lowest BCUT2D eigenvalue weighted by atomic mass is 9.87. The molecule has 1 aromatic carbocycles. The first-order valence-electron chi connectivity index (χ1n) is 21.4. The van der Waals surface area contributed by atoms with Gasteiger partial charge in [-0.2, -0.15) is 0 Å². The van der Waals surface area contributed by atoms with Crippen molar-refractivity contribution >= 4 is 42.0 Å². The van der Waals surface area contributed by atoms with Crippen LogP contribution in [-0.4, -0.2) is 114 Å². The number of nitrogens with zero attached hydrogens (tertiary/aromatic N) is 1. The van der Waals surface area contributed by atoms with Crippen LogP contribution >= 0.6 is 0 Å². The van der Waals surface area contributed by atoms with Gasteiger partial charge in [0.05, 0.1) is 7.11 Å². The molecule has 17 heteroatoms. The average molecular weight is 859 g/mol. The molecule has 17 nitrogen and oxygen atoms in total. The molecular weight excluding hydrogens is 789 g/mol. The molecule has 6 amide bonds. The fourth-order valence-corrected chi connectivity index (χ4v) is 6.77. The van der Waals surface area contributed by atoms with E-state index in [-0.39, 0.29) is 45.3 Å². The Bertz CT molecular complexity index is 1660. The van der Waals surface area contributed by atoms with Crippen molar-refractivity contribution in [2.75, 3.05) is 26.7 Å². The van der Waals surface area contributed by atoms with E-state index in [1.54, 1.807) is 62.3 Å². The molecule has 1 aliphatic carbocycles. The minimum absolute atomic E-state index is 0.0264. The monoisotopic (exact) mass is 859 g/mol. The number of nitrogens with one attached hydrogen (secondary N) is 5. The van der Waals surface area contributed by atoms with Crippen LogP contribution in [0, 0.1) is 5.92 Å². The number of unbranched alkanes of at least 4 members (excludes halogenated alkanes) is 1. The number of ether oxygens (including phenoxy) is 4. The zero-order valence-electron chi connectivity index (χ0n) is 37.8. The number of hydrogen-bond acceptors (Lipinski definition) is 11. The number of piperidine rings is 1. The summed E-state index contributed by atoms with van der Waals surface area (Å²) in [4.78, 5) is 95.2. The van der Waals surface area contributed by atoms with E-state index in [9.17, 15) is 33.6 Å². The Labute approximate surface area is 360 Å². The van der Waals surface area contributed by atoms with Gasteiger partial charge in [0.25, 0.3) is 0 Å². The molecule has 1 aliphatic heterocycles. The second-order valence-corrected chi connectivity index (χ2v) is 19.0. The third-order valence-electron chi connectivity index (χ3n) is 9.93. The first-order chi connectivity index (χ1) is 28.4. The molecule has 2 aliphatic rings. The van der Waals surface area contributed by atoms with Crippen LogP contribution in [0.15, 0.2) is 30.3 Å². The number of alkyl carbamates (subject to hydrolysis) is 3. The highest BCUT2D eigenvalue weighted by atomic mass is 16.6. The standard InChI is InChI=1S/C44H70N6O11/c1-41(2,3)59-38(55)45-25-15-14-18-32(36(53)50-26-23-44(24-27-50,37(54)58-10)49-40(57)61-43(7,8)9)47-34(51)31(22-21-29-19-20-29)46-35(52)33(28-30-16-12-11-13-17-30)48-39(56)60-42(4,5)6/h11-13,16-17,29,31-33H,14-15,18-28H2,1-10H3,(H,45,55)(H,46,52)(H,47,51)(H,48,56)(H,49,57)/t31?,32-,33-/m1/s1. The molecule has 61 heavy (non-hydrogen) atoms. The van der Waals surface area contributed by atoms with Gasteiger partial charge >= 0.3 is 24.2 Å². The van der Waals surface area contributed by atoms with Crippen LogP contribution in [-0.2, 0) is 44.5 Å². The van der Waals surface area contributed by atoms with E-state index in [0.29, 0.717) is 31.6 Å². The molecule has 3 atom stereocenters. The second kappa shape index (κ2) is 22.1. The lowest BCUT2D eigenvalue weighted by Gasteiger charge is -2.41. The van der Waals surface area contributed by atoms with Gasteiger partial charge in [-0.05, 0) is 119 Å². The largest absolute Gasteiger partial charge is 0.467 e. The maximum absolute atomic E-state index is 14.3. The number of likely N-dealkylation sites (tertiary alicyclic amines) is 1. The van der Waals surface area contributed by atoms with Crippen LogP contribution in [0.4, 0.5) is 14.4 Å². The van der Waals surface area contributed by atoms with Gasteiger partial charge in [-0.25, -0.2) is 19.2 Å². The number of esters is 1. The molecule has 0 bridgehead atoms. The van der Waals surface area contributed by atoms with Gasteiger partial charge in [-0.1, -0.05) is 43.2 Å². The van der Waals surface area contributed by atoms with Crippen LogP contribution in [0.3, 0.4) is 0 Å². The second-order valence-electron chi connectivity index (χ2n) is 19.0. The Morgan fingerprint density at radius 2 is 1.23 bits per heavy atom. The molecule has 1 saturated heterocycles. The van der Waals surface area contributed by atoms with Crippen molar-refractivity contribution in [3.8, 4) is 0 Å². The third-order valence-corrected chi connectivity index (χ3v) is 9.93. The maximum atomic E-state index is 14.3. The summed E-state index contributed by atoms with van der Waals surface area (Å²) in [5.41, 5.74) is -2.97. The smallest absolute Gasteiger partial charge is 0.408 e. The molecular formula is C44H70N6O11. The molecule has 342 valence electrons. The van der Waals surface area contributed by atoms with E-state index in [2.05, 4.69) is 26.6 Å². The predicted molar refractivity (Wildman–Crippen MR) is 227 cm³/mol. The highest BCUT2D eigenvalue weighted by molar-refractivity contribution is 5.94. The van der Waals surface area contributed by atoms with Crippen molar-refractivity contribution < 1.29 is 52.5 Å². The Balaban J connectivity index is 1.83. The van der Waals surface area contributed by atoms with Crippen molar-refractivity contribution in [3.63, 3.8) is 0 Å². The average Bonchev–Trinajstić information content (AvgIpc) is 3.98. The van der Waals surface area contributed by atoms with Crippen molar-refractivity contribution in [1.82, 2.24) is 31.5 Å². The number of rotatable bonds is 18. The summed E-state index contributed by atoms with van der Waals surface area (Å²) < 4.78 is 21.3. The Morgan fingerprint density at radius 3 is 1.79 bits per heavy atom. The summed E-state index contributed by atoms with van der Waals surface area (Å²) in [7, 11) is 1.22. The van der Waals surface area contributed by atoms with Gasteiger partial charge in [0.2, 0.25) is 17.7 Å². The van der Waals surface area contributed by atoms with Crippen LogP contribution in [0.2, 0.25) is 0 Å². The Morgan fingerprint density at radius 1 is 0.689 bits per heavy atom. The highest BCUT2D eigenvalue weighted by Gasteiger charge is 2.46. The third kappa shape index (κ3) is 18.6. The summed E-state index contributed by atoms with van der Waals surface area (Å²) in [6.07, 6.45) is 2.11. The van der Waals surface area contributed by atoms with Crippen LogP contribution in [0.25, 0.3) is 0 Å². The number of methoxy groups -OCH3 is 1. The summed E-state index contributed by atoms with van der Waals surface area (Å²) in [6, 6.07) is 5.98. The van der Waals surface area contributed by atoms with Gasteiger partial charge in [0.15, 0.2) is 0 Å². The van der Waals surface area contributed by atoms with Crippen molar-refractivity contribution in [3.05, 3.63) is 35.9 Å². The Kier molecular flexibility index (Phi) is 18.2. The van der Waals surface area contributed by atoms with Crippen LogP contribution in [0.1, 0.15) is 126 Å². The molecule has 3 rings (SSSR count). The summed E-state index contributed by atoms with van der Waals surface area (Å²) in [5.74, 6) is -1.82. The van der Waals surface area contributed by atoms with E-state index < -0.39 is 82.4 Å². The van der Waals surface area contributed by atoms with Gasteiger partial charge in [0, 0.05) is 26.1 Å². The molecule has 0 aromatic heterocycles. The number of hydrogen-bond donors (Lipinski definition) is 5. The first kappa shape index (κ1) is 50.3. The lowest BCUT2D eigenvalue weighted by molar-refractivity contribution is -0.153. The fourth-order valence-electron chi connectivity index (χ4n) is 6.77. The van der Waals surface area contributed by atoms with E-state index >= 15 is 0 Å². The van der Waals surface area contributed by atoms with Gasteiger partial charge in [0.1, 0.15) is 40.5 Å². The van der Waals surface area contributed by atoms with E-state index in [0.717, 1.165) is 18.4 Å². The van der Waals surface area contributed by atoms with E-state index in [4.69, 9.17) is 18.9 Å². The van der Waals surface area contributed by atoms with Crippen LogP contribution in [0.5, 0.6) is 0 Å². The SMILES string of the molecule is COC(=O)C1(NC(=O)OC(C)(C)C)CCN(C(=O)[C@@H](CCCCNC(=O)OC(C)(C)C)NC(=O)C(CCC2CC2)NC(=O)[C@@H](Cc2ccccc2)NC(=O)OC(C)(C)C)CC1. The zero-order chi connectivity index (χ0) is 45.6. The lowest BCUT2D eigenvalue weighted by Crippen LogP contribution is -2.63. The molecule has 2 fully saturated rings. The minimum atomic E-state index is -1.44. The molecule has 0 radical (unpaired) electrons. The summed E-state index contributed by atoms with van der Waals surface area (Å²) in [5, 5.41) is 13.9. The maximum Gasteiger partial charge on any atom is 0.408 e. The molecule has 1 saturated carbocycles. The first-order valence-corrected chi connectivity index (χ1v) is 21.4. The molecule has 0 spiro atoms. The van der Waals surface area contributed by atoms with Crippen molar-refractivity contribution in [2.45, 2.75) is 167 Å². The highest BCUT2D eigenvalue weighted by Crippen LogP contribution is 2.34. The summed E-state index contributed by atoms with van der Waals surface area (Å²) in [6.45, 7) is 15.9.